The molecule has 1 atom stereocenters. The van der Waals surface area contributed by atoms with Gasteiger partial charge in [0.05, 0.1) is 4.90 Å². The first-order chi connectivity index (χ1) is 9.50. The zero-order chi connectivity index (χ0) is 14.6. The molecule has 0 radical (unpaired) electrons. The van der Waals surface area contributed by atoms with Crippen molar-refractivity contribution in [2.75, 3.05) is 20.1 Å². The second-order valence-electron chi connectivity index (χ2n) is 5.22. The fourth-order valence-electron chi connectivity index (χ4n) is 2.41. The van der Waals surface area contributed by atoms with Crippen molar-refractivity contribution in [3.05, 3.63) is 30.1 Å². The van der Waals surface area contributed by atoms with Gasteiger partial charge in [-0.3, -0.25) is 0 Å². The van der Waals surface area contributed by atoms with Gasteiger partial charge in [-0.25, -0.2) is 17.1 Å². The van der Waals surface area contributed by atoms with Crippen LogP contribution in [0.3, 0.4) is 0 Å². The number of hydrogen-bond acceptors (Lipinski definition) is 3. The van der Waals surface area contributed by atoms with Crippen molar-refractivity contribution in [1.29, 1.82) is 0 Å². The summed E-state index contributed by atoms with van der Waals surface area (Å²) in [6.45, 7) is 1.48. The molecule has 1 aromatic carbocycles. The van der Waals surface area contributed by atoms with Gasteiger partial charge < -0.3 is 5.32 Å². The Morgan fingerprint density at radius 2 is 2.00 bits per heavy atom. The van der Waals surface area contributed by atoms with Crippen LogP contribution in [0, 0.1) is 5.82 Å². The standard InChI is InChI=1S/C14H21FN2O2S/c1-17(11-9-13-4-2-3-10-16-13)20(18,19)14-7-5-12(15)6-8-14/h5-8,13,16H,2-4,9-11H2,1H3. The van der Waals surface area contributed by atoms with Crippen LogP contribution in [0.25, 0.3) is 0 Å². The summed E-state index contributed by atoms with van der Waals surface area (Å²) < 4.78 is 38.8. The van der Waals surface area contributed by atoms with Crippen LogP contribution in [0.1, 0.15) is 25.7 Å². The molecule has 1 aliphatic heterocycles. The average molecular weight is 300 g/mol. The smallest absolute Gasteiger partial charge is 0.242 e. The van der Waals surface area contributed by atoms with Gasteiger partial charge in [0.25, 0.3) is 0 Å². The molecule has 1 N–H and O–H groups in total. The number of halogens is 1. The van der Waals surface area contributed by atoms with Gasteiger partial charge in [-0.05, 0) is 50.1 Å². The molecule has 0 aliphatic carbocycles. The largest absolute Gasteiger partial charge is 0.314 e. The van der Waals surface area contributed by atoms with E-state index < -0.39 is 15.8 Å². The zero-order valence-electron chi connectivity index (χ0n) is 11.7. The van der Waals surface area contributed by atoms with Gasteiger partial charge in [-0.15, -0.1) is 0 Å². The van der Waals surface area contributed by atoms with E-state index in [1.807, 2.05) is 0 Å². The van der Waals surface area contributed by atoms with E-state index in [1.54, 1.807) is 7.05 Å². The molecule has 0 bridgehead atoms. The van der Waals surface area contributed by atoms with Gasteiger partial charge in [0, 0.05) is 19.6 Å². The lowest BCUT2D eigenvalue weighted by Gasteiger charge is -2.25. The van der Waals surface area contributed by atoms with E-state index in [1.165, 1.54) is 41.4 Å². The van der Waals surface area contributed by atoms with Gasteiger partial charge >= 0.3 is 0 Å². The number of rotatable bonds is 5. The van der Waals surface area contributed by atoms with Crippen LogP contribution in [-0.4, -0.2) is 38.9 Å². The summed E-state index contributed by atoms with van der Waals surface area (Å²) in [5.41, 5.74) is 0. The van der Waals surface area contributed by atoms with Crippen LogP contribution in [-0.2, 0) is 10.0 Å². The van der Waals surface area contributed by atoms with Gasteiger partial charge in [0.15, 0.2) is 0 Å². The third kappa shape index (κ3) is 3.77. The van der Waals surface area contributed by atoms with Crippen molar-refractivity contribution >= 4 is 10.0 Å². The Morgan fingerprint density at radius 3 is 2.60 bits per heavy atom. The molecule has 1 unspecified atom stereocenters. The van der Waals surface area contributed by atoms with E-state index in [0.29, 0.717) is 12.6 Å². The third-order valence-corrected chi connectivity index (χ3v) is 5.60. The van der Waals surface area contributed by atoms with Gasteiger partial charge in [0.2, 0.25) is 10.0 Å². The molecule has 1 aromatic rings. The normalized spacial score (nSPS) is 20.2. The lowest BCUT2D eigenvalue weighted by atomic mass is 10.0. The highest BCUT2D eigenvalue weighted by Gasteiger charge is 2.22. The predicted octanol–water partition coefficient (Wildman–Crippen LogP) is 1.98. The Kier molecular flexibility index (Phi) is 5.12. The van der Waals surface area contributed by atoms with E-state index in [2.05, 4.69) is 5.32 Å². The fraction of sp³-hybridized carbons (Fsp3) is 0.571. The van der Waals surface area contributed by atoms with E-state index in [-0.39, 0.29) is 4.90 Å². The molecule has 6 heteroatoms. The second-order valence-corrected chi connectivity index (χ2v) is 7.26. The zero-order valence-corrected chi connectivity index (χ0v) is 12.5. The number of benzene rings is 1. The van der Waals surface area contributed by atoms with Crippen molar-refractivity contribution in [2.45, 2.75) is 36.6 Å². The minimum absolute atomic E-state index is 0.137. The van der Waals surface area contributed by atoms with E-state index in [0.717, 1.165) is 19.4 Å². The van der Waals surface area contributed by atoms with Crippen molar-refractivity contribution < 1.29 is 12.8 Å². The molecule has 4 nitrogen and oxygen atoms in total. The number of piperidine rings is 1. The number of sulfonamides is 1. The topological polar surface area (TPSA) is 49.4 Å². The molecular formula is C14H21FN2O2S. The molecule has 2 rings (SSSR count). The summed E-state index contributed by atoms with van der Waals surface area (Å²) in [5, 5.41) is 3.40. The molecule has 1 saturated heterocycles. The fourth-order valence-corrected chi connectivity index (χ4v) is 3.60. The Hall–Kier alpha value is -0.980. The van der Waals surface area contributed by atoms with Crippen LogP contribution in [0.15, 0.2) is 29.2 Å². The first-order valence-electron chi connectivity index (χ1n) is 6.95. The van der Waals surface area contributed by atoms with Crippen LogP contribution < -0.4 is 5.32 Å². The molecule has 112 valence electrons. The van der Waals surface area contributed by atoms with E-state index >= 15 is 0 Å². The van der Waals surface area contributed by atoms with Crippen molar-refractivity contribution in [1.82, 2.24) is 9.62 Å². The Labute approximate surface area is 120 Å². The maximum atomic E-state index is 12.9. The van der Waals surface area contributed by atoms with E-state index in [4.69, 9.17) is 0 Å². The Balaban J connectivity index is 1.96. The second kappa shape index (κ2) is 6.65. The van der Waals surface area contributed by atoms with Crippen LogP contribution >= 0.6 is 0 Å². The summed E-state index contributed by atoms with van der Waals surface area (Å²) in [5.74, 6) is -0.432. The Morgan fingerprint density at radius 1 is 1.30 bits per heavy atom. The molecule has 20 heavy (non-hydrogen) atoms. The summed E-state index contributed by atoms with van der Waals surface area (Å²) in [6, 6.07) is 5.35. The lowest BCUT2D eigenvalue weighted by Crippen LogP contribution is -2.38. The van der Waals surface area contributed by atoms with Crippen molar-refractivity contribution in [2.24, 2.45) is 0 Å². The molecular weight excluding hydrogens is 279 g/mol. The van der Waals surface area contributed by atoms with Crippen molar-refractivity contribution in [3.8, 4) is 0 Å². The molecule has 1 heterocycles. The summed E-state index contributed by atoms with van der Waals surface area (Å²) in [4.78, 5) is 0.137. The molecule has 1 aliphatic rings. The maximum absolute atomic E-state index is 12.9. The first-order valence-corrected chi connectivity index (χ1v) is 8.39. The molecule has 0 aromatic heterocycles. The van der Waals surface area contributed by atoms with E-state index in [9.17, 15) is 12.8 Å². The average Bonchev–Trinajstić information content (AvgIpc) is 2.46. The van der Waals surface area contributed by atoms with Crippen LogP contribution in [0.5, 0.6) is 0 Å². The number of nitrogens with one attached hydrogen (secondary N) is 1. The SMILES string of the molecule is CN(CCC1CCCCN1)S(=O)(=O)c1ccc(F)cc1. The van der Waals surface area contributed by atoms with Gasteiger partial charge in [-0.1, -0.05) is 6.42 Å². The maximum Gasteiger partial charge on any atom is 0.242 e. The summed E-state index contributed by atoms with van der Waals surface area (Å²) >= 11 is 0. The Bertz CT molecular complexity index is 525. The molecule has 0 saturated carbocycles. The van der Waals surface area contributed by atoms with Crippen LogP contribution in [0.2, 0.25) is 0 Å². The molecule has 1 fully saturated rings. The highest BCUT2D eigenvalue weighted by molar-refractivity contribution is 7.89. The van der Waals surface area contributed by atoms with Crippen molar-refractivity contribution in [3.63, 3.8) is 0 Å². The number of hydrogen-bond donors (Lipinski definition) is 1. The van der Waals surface area contributed by atoms with Gasteiger partial charge in [-0.2, -0.15) is 0 Å². The highest BCUT2D eigenvalue weighted by atomic mass is 32.2. The minimum atomic E-state index is -3.52. The minimum Gasteiger partial charge on any atom is -0.314 e. The summed E-state index contributed by atoms with van der Waals surface area (Å²) in [6.07, 6.45) is 4.30. The third-order valence-electron chi connectivity index (χ3n) is 3.73. The lowest BCUT2D eigenvalue weighted by molar-refractivity contribution is 0.351. The first kappa shape index (κ1) is 15.4. The predicted molar refractivity (Wildman–Crippen MR) is 76.5 cm³/mol. The van der Waals surface area contributed by atoms with Crippen LogP contribution in [0.4, 0.5) is 4.39 Å². The summed E-state index contributed by atoms with van der Waals surface area (Å²) in [7, 11) is -1.95. The monoisotopic (exact) mass is 300 g/mol. The highest BCUT2D eigenvalue weighted by Crippen LogP contribution is 2.16. The molecule has 0 spiro atoms. The quantitative estimate of drug-likeness (QED) is 0.904. The number of nitrogens with zero attached hydrogens (tertiary/aromatic N) is 1. The van der Waals surface area contributed by atoms with Gasteiger partial charge in [0.1, 0.15) is 5.82 Å². The molecule has 0 amide bonds.